The van der Waals surface area contributed by atoms with Crippen LogP contribution >= 0.6 is 0 Å². The molecule has 0 aromatic heterocycles. The van der Waals surface area contributed by atoms with E-state index < -0.39 is 49.5 Å². The van der Waals surface area contributed by atoms with Crippen molar-refractivity contribution in [2.75, 3.05) is 13.2 Å². The number of amides is 1. The lowest BCUT2D eigenvalue weighted by Crippen LogP contribution is -2.60. The molecule has 0 aliphatic carbocycles. The van der Waals surface area contributed by atoms with E-state index in [9.17, 15) is 30.3 Å². The molecular formula is C44H83NO8. The number of aliphatic hydroxyl groups excluding tert-OH is 5. The third-order valence-electron chi connectivity index (χ3n) is 10.5. The number of hydrogen-bond acceptors (Lipinski definition) is 8. The Labute approximate surface area is 324 Å². The van der Waals surface area contributed by atoms with E-state index in [-0.39, 0.29) is 12.5 Å². The van der Waals surface area contributed by atoms with Crippen molar-refractivity contribution in [2.45, 2.75) is 236 Å². The Kier molecular flexibility index (Phi) is 32.9. The Morgan fingerprint density at radius 3 is 1.53 bits per heavy atom. The molecule has 0 bridgehead atoms. The highest BCUT2D eigenvalue weighted by atomic mass is 16.7. The van der Waals surface area contributed by atoms with Crippen LogP contribution in [0.1, 0.15) is 194 Å². The number of hydrogen-bond donors (Lipinski definition) is 6. The minimum atomic E-state index is -1.56. The second kappa shape index (κ2) is 35.1. The van der Waals surface area contributed by atoms with Crippen molar-refractivity contribution >= 4 is 5.91 Å². The molecule has 1 saturated heterocycles. The molecule has 1 fully saturated rings. The molecule has 7 atom stereocenters. The van der Waals surface area contributed by atoms with Crippen LogP contribution in [0.15, 0.2) is 24.3 Å². The molecule has 1 rings (SSSR count). The van der Waals surface area contributed by atoms with Gasteiger partial charge in [-0.1, -0.05) is 167 Å². The van der Waals surface area contributed by atoms with Crippen molar-refractivity contribution in [1.82, 2.24) is 5.32 Å². The monoisotopic (exact) mass is 754 g/mol. The molecule has 312 valence electrons. The van der Waals surface area contributed by atoms with Gasteiger partial charge in [0.2, 0.25) is 5.91 Å². The van der Waals surface area contributed by atoms with Gasteiger partial charge in [0.25, 0.3) is 0 Å². The van der Waals surface area contributed by atoms with Crippen molar-refractivity contribution < 1.29 is 39.8 Å². The highest BCUT2D eigenvalue weighted by Gasteiger charge is 2.44. The summed E-state index contributed by atoms with van der Waals surface area (Å²) >= 11 is 0. The van der Waals surface area contributed by atoms with E-state index in [4.69, 9.17) is 9.47 Å². The fourth-order valence-corrected chi connectivity index (χ4v) is 6.91. The zero-order valence-electron chi connectivity index (χ0n) is 34.0. The van der Waals surface area contributed by atoms with E-state index in [1.807, 2.05) is 6.08 Å². The van der Waals surface area contributed by atoms with E-state index in [1.54, 1.807) is 6.08 Å². The van der Waals surface area contributed by atoms with Gasteiger partial charge in [0, 0.05) is 6.42 Å². The van der Waals surface area contributed by atoms with E-state index in [0.717, 1.165) is 38.5 Å². The second-order valence-electron chi connectivity index (χ2n) is 15.5. The van der Waals surface area contributed by atoms with Gasteiger partial charge in [0.15, 0.2) is 6.29 Å². The lowest BCUT2D eigenvalue weighted by molar-refractivity contribution is -0.302. The number of allylic oxidation sites excluding steroid dienone is 3. The summed E-state index contributed by atoms with van der Waals surface area (Å²) in [4.78, 5) is 12.9. The van der Waals surface area contributed by atoms with Crippen molar-refractivity contribution in [3.8, 4) is 0 Å². The molecule has 53 heavy (non-hydrogen) atoms. The fourth-order valence-electron chi connectivity index (χ4n) is 6.91. The van der Waals surface area contributed by atoms with Gasteiger partial charge in [-0.2, -0.15) is 0 Å². The lowest BCUT2D eigenvalue weighted by atomic mass is 9.99. The second-order valence-corrected chi connectivity index (χ2v) is 15.5. The SMILES string of the molecule is CCCCCCCC/C=C\CCCCCCCCCCCC(=O)NC(COC1OC(CO)C(O)C(O)C1O)C(O)/C=C/CCCCCCCCCCC. The van der Waals surface area contributed by atoms with Crippen LogP contribution in [0.3, 0.4) is 0 Å². The van der Waals surface area contributed by atoms with E-state index >= 15 is 0 Å². The molecule has 9 heteroatoms. The smallest absolute Gasteiger partial charge is 0.220 e. The zero-order chi connectivity index (χ0) is 38.8. The number of ether oxygens (including phenoxy) is 2. The van der Waals surface area contributed by atoms with Crippen molar-refractivity contribution in [2.24, 2.45) is 0 Å². The van der Waals surface area contributed by atoms with Gasteiger partial charge in [0.05, 0.1) is 25.4 Å². The van der Waals surface area contributed by atoms with Gasteiger partial charge in [-0.15, -0.1) is 0 Å². The Morgan fingerprint density at radius 1 is 0.623 bits per heavy atom. The molecule has 6 N–H and O–H groups in total. The number of unbranched alkanes of at least 4 members (excludes halogenated alkanes) is 24. The molecule has 1 aliphatic heterocycles. The first-order chi connectivity index (χ1) is 25.8. The molecule has 1 aliphatic rings. The Hall–Kier alpha value is -1.33. The summed E-state index contributed by atoms with van der Waals surface area (Å²) in [5.74, 6) is -0.181. The predicted molar refractivity (Wildman–Crippen MR) is 217 cm³/mol. The van der Waals surface area contributed by atoms with E-state index in [0.29, 0.717) is 6.42 Å². The number of rotatable bonds is 36. The predicted octanol–water partition coefficient (Wildman–Crippen LogP) is 8.72. The minimum absolute atomic E-state index is 0.181. The first-order valence-corrected chi connectivity index (χ1v) is 22.1. The standard InChI is InChI=1S/C44H83NO8/c1-3-5-7-9-11-13-15-16-17-18-19-20-21-22-24-26-28-30-32-34-40(48)45-37(36-52-44-43(51)42(50)41(49)39(35-46)53-44)38(47)33-31-29-27-25-23-14-12-10-8-6-4-2/h16-17,31,33,37-39,41-44,46-47,49-51H,3-15,18-30,32,34-36H2,1-2H3,(H,45,48)/b17-16-,33-31+. The molecule has 1 amide bonds. The summed E-state index contributed by atoms with van der Waals surface area (Å²) in [5.41, 5.74) is 0. The maximum Gasteiger partial charge on any atom is 0.220 e. The molecule has 0 saturated carbocycles. The topological polar surface area (TPSA) is 149 Å². The number of aliphatic hydroxyl groups is 5. The van der Waals surface area contributed by atoms with Gasteiger partial charge in [0.1, 0.15) is 24.4 Å². The van der Waals surface area contributed by atoms with Crippen molar-refractivity contribution in [3.05, 3.63) is 24.3 Å². The molecule has 9 nitrogen and oxygen atoms in total. The number of nitrogens with one attached hydrogen (secondary N) is 1. The molecular weight excluding hydrogens is 670 g/mol. The molecule has 1 heterocycles. The highest BCUT2D eigenvalue weighted by Crippen LogP contribution is 2.22. The third-order valence-corrected chi connectivity index (χ3v) is 10.5. The van der Waals surface area contributed by atoms with Crippen molar-refractivity contribution in [1.29, 1.82) is 0 Å². The van der Waals surface area contributed by atoms with Crippen LogP contribution in [-0.4, -0.2) is 87.5 Å². The van der Waals surface area contributed by atoms with E-state index in [2.05, 4.69) is 31.3 Å². The first kappa shape index (κ1) is 49.7. The Balaban J connectivity index is 2.34. The van der Waals surface area contributed by atoms with Crippen LogP contribution in [0.5, 0.6) is 0 Å². The van der Waals surface area contributed by atoms with Crippen LogP contribution in [0, 0.1) is 0 Å². The summed E-state index contributed by atoms with van der Waals surface area (Å²) < 4.78 is 11.2. The fraction of sp³-hybridized carbons (Fsp3) is 0.886. The molecule has 0 aromatic rings. The quantitative estimate of drug-likeness (QED) is 0.0275. The van der Waals surface area contributed by atoms with Gasteiger partial charge in [-0.3, -0.25) is 4.79 Å². The normalized spacial score (nSPS) is 21.8. The molecule has 0 aromatic carbocycles. The summed E-state index contributed by atoms with van der Waals surface area (Å²) in [6, 6.07) is -0.801. The first-order valence-electron chi connectivity index (χ1n) is 22.1. The van der Waals surface area contributed by atoms with Gasteiger partial charge >= 0.3 is 0 Å². The summed E-state index contributed by atoms with van der Waals surface area (Å²) in [6.07, 6.45) is 33.6. The molecule has 7 unspecified atom stereocenters. The maximum atomic E-state index is 12.9. The maximum absolute atomic E-state index is 12.9. The van der Waals surface area contributed by atoms with Gasteiger partial charge in [-0.25, -0.2) is 0 Å². The van der Waals surface area contributed by atoms with Crippen LogP contribution in [0.4, 0.5) is 0 Å². The van der Waals surface area contributed by atoms with Gasteiger partial charge in [-0.05, 0) is 44.9 Å². The van der Waals surface area contributed by atoms with E-state index in [1.165, 1.54) is 135 Å². The molecule has 0 spiro atoms. The van der Waals surface area contributed by atoms with Crippen molar-refractivity contribution in [3.63, 3.8) is 0 Å². The number of carbonyl (C=O) groups is 1. The minimum Gasteiger partial charge on any atom is -0.394 e. The third kappa shape index (κ3) is 26.2. The Morgan fingerprint density at radius 2 is 1.06 bits per heavy atom. The van der Waals surface area contributed by atoms with Crippen LogP contribution in [-0.2, 0) is 14.3 Å². The Bertz CT molecular complexity index is 883. The average molecular weight is 754 g/mol. The van der Waals surface area contributed by atoms with Crippen LogP contribution in [0.2, 0.25) is 0 Å². The van der Waals surface area contributed by atoms with Crippen LogP contribution < -0.4 is 5.32 Å². The zero-order valence-corrected chi connectivity index (χ0v) is 34.0. The molecule has 0 radical (unpaired) electrons. The van der Waals surface area contributed by atoms with Crippen LogP contribution in [0.25, 0.3) is 0 Å². The van der Waals surface area contributed by atoms with Gasteiger partial charge < -0.3 is 40.3 Å². The summed E-state index contributed by atoms with van der Waals surface area (Å²) in [5, 5.41) is 54.0. The number of carbonyl (C=O) groups excluding carboxylic acids is 1. The average Bonchev–Trinajstić information content (AvgIpc) is 3.16. The highest BCUT2D eigenvalue weighted by molar-refractivity contribution is 5.76. The lowest BCUT2D eigenvalue weighted by Gasteiger charge is -2.40. The summed E-state index contributed by atoms with van der Waals surface area (Å²) in [6.45, 7) is 3.75. The largest absolute Gasteiger partial charge is 0.394 e. The summed E-state index contributed by atoms with van der Waals surface area (Å²) in [7, 11) is 0.